The van der Waals surface area contributed by atoms with Crippen molar-refractivity contribution < 1.29 is 19.1 Å². The van der Waals surface area contributed by atoms with Crippen LogP contribution in [0.5, 0.6) is 11.5 Å². The number of thiophene rings is 1. The van der Waals surface area contributed by atoms with Crippen molar-refractivity contribution in [1.29, 1.82) is 0 Å². The summed E-state index contributed by atoms with van der Waals surface area (Å²) in [7, 11) is 1.59. The first-order valence-corrected chi connectivity index (χ1v) is 10.9. The lowest BCUT2D eigenvalue weighted by Gasteiger charge is -2.19. The van der Waals surface area contributed by atoms with Crippen LogP contribution in [0.25, 0.3) is 0 Å². The fourth-order valence-corrected chi connectivity index (χ4v) is 3.66. The number of hydrogen-bond donors (Lipinski definition) is 2. The lowest BCUT2D eigenvalue weighted by Crippen LogP contribution is -2.28. The van der Waals surface area contributed by atoms with Crippen LogP contribution in [-0.4, -0.2) is 25.0 Å². The number of nitrogens with one attached hydrogen (secondary N) is 2. The predicted octanol–water partition coefficient (Wildman–Crippen LogP) is 5.29. The van der Waals surface area contributed by atoms with Gasteiger partial charge in [-0.2, -0.15) is 0 Å². The van der Waals surface area contributed by atoms with Crippen molar-refractivity contribution in [3.8, 4) is 11.5 Å². The van der Waals surface area contributed by atoms with Crippen molar-refractivity contribution in [2.24, 2.45) is 0 Å². The molecule has 2 aromatic carbocycles. The van der Waals surface area contributed by atoms with Crippen molar-refractivity contribution in [3.63, 3.8) is 0 Å². The molecule has 0 saturated carbocycles. The van der Waals surface area contributed by atoms with Gasteiger partial charge in [-0.15, -0.1) is 11.3 Å². The summed E-state index contributed by atoms with van der Waals surface area (Å²) in [4.78, 5) is 26.0. The summed E-state index contributed by atoms with van der Waals surface area (Å²) >= 11 is 1.35. The van der Waals surface area contributed by atoms with E-state index in [0.717, 1.165) is 5.56 Å². The largest absolute Gasteiger partial charge is 0.493 e. The van der Waals surface area contributed by atoms with Crippen LogP contribution in [0.15, 0.2) is 60.0 Å². The zero-order chi connectivity index (χ0) is 22.4. The molecular weight excluding hydrogens is 412 g/mol. The Morgan fingerprint density at radius 2 is 1.71 bits per heavy atom. The van der Waals surface area contributed by atoms with Gasteiger partial charge in [0.2, 0.25) is 0 Å². The average molecular weight is 439 g/mol. The second-order valence-corrected chi connectivity index (χ2v) is 8.20. The third-order valence-corrected chi connectivity index (χ3v) is 5.43. The molecule has 0 spiro atoms. The predicted molar refractivity (Wildman–Crippen MR) is 123 cm³/mol. The minimum absolute atomic E-state index is 0.0257. The van der Waals surface area contributed by atoms with Gasteiger partial charge in [0.25, 0.3) is 11.8 Å². The van der Waals surface area contributed by atoms with Gasteiger partial charge in [0, 0.05) is 0 Å². The highest BCUT2D eigenvalue weighted by molar-refractivity contribution is 7.12. The quantitative estimate of drug-likeness (QED) is 0.501. The summed E-state index contributed by atoms with van der Waals surface area (Å²) in [6.45, 7) is 5.79. The number of hydrogen-bond acceptors (Lipinski definition) is 5. The molecule has 1 atom stereocenters. The van der Waals surface area contributed by atoms with Gasteiger partial charge in [-0.25, -0.2) is 0 Å². The van der Waals surface area contributed by atoms with Crippen molar-refractivity contribution in [2.75, 3.05) is 12.4 Å². The molecule has 0 aliphatic rings. The van der Waals surface area contributed by atoms with E-state index in [0.29, 0.717) is 27.6 Å². The fraction of sp³-hybridized carbons (Fsp3) is 0.250. The lowest BCUT2D eigenvalue weighted by atomic mass is 10.1. The maximum atomic E-state index is 13.0. The topological polar surface area (TPSA) is 76.7 Å². The Kier molecular flexibility index (Phi) is 7.31. The van der Waals surface area contributed by atoms with E-state index >= 15 is 0 Å². The Labute approximate surface area is 186 Å². The molecular formula is C24H26N2O4S. The standard InChI is InChI=1S/C24H26N2O4S/c1-15(2)30-20-12-11-17(14-21(20)29-4)16(3)25-23(27)18-8-5-6-9-19(18)26-24(28)22-10-7-13-31-22/h5-16H,1-4H3,(H,25,27)(H,26,28). The molecule has 3 aromatic rings. The second-order valence-electron chi connectivity index (χ2n) is 7.25. The van der Waals surface area contributed by atoms with E-state index in [-0.39, 0.29) is 24.0 Å². The van der Waals surface area contributed by atoms with Crippen LogP contribution in [0.1, 0.15) is 52.4 Å². The van der Waals surface area contributed by atoms with Gasteiger partial charge in [0.15, 0.2) is 11.5 Å². The number of para-hydroxylation sites is 1. The molecule has 3 rings (SSSR count). The van der Waals surface area contributed by atoms with Crippen LogP contribution in [0.2, 0.25) is 0 Å². The summed E-state index contributed by atoms with van der Waals surface area (Å²) in [6, 6.07) is 15.8. The number of methoxy groups -OCH3 is 1. The molecule has 1 heterocycles. The van der Waals surface area contributed by atoms with Crippen molar-refractivity contribution in [1.82, 2.24) is 5.32 Å². The van der Waals surface area contributed by atoms with E-state index < -0.39 is 0 Å². The van der Waals surface area contributed by atoms with Crippen molar-refractivity contribution in [3.05, 3.63) is 76.0 Å². The Morgan fingerprint density at radius 1 is 0.935 bits per heavy atom. The number of amides is 2. The summed E-state index contributed by atoms with van der Waals surface area (Å²) in [5.41, 5.74) is 1.73. The molecule has 7 heteroatoms. The number of anilines is 1. The number of ether oxygens (including phenoxy) is 2. The van der Waals surface area contributed by atoms with E-state index in [1.54, 1.807) is 37.4 Å². The van der Waals surface area contributed by atoms with Crippen LogP contribution >= 0.6 is 11.3 Å². The highest BCUT2D eigenvalue weighted by Crippen LogP contribution is 2.31. The Bertz CT molecular complexity index is 1050. The molecule has 6 nitrogen and oxygen atoms in total. The molecule has 0 saturated heterocycles. The van der Waals surface area contributed by atoms with E-state index in [1.807, 2.05) is 50.4 Å². The van der Waals surface area contributed by atoms with Crippen LogP contribution in [-0.2, 0) is 0 Å². The van der Waals surface area contributed by atoms with Crippen molar-refractivity contribution >= 4 is 28.8 Å². The van der Waals surface area contributed by atoms with Crippen LogP contribution < -0.4 is 20.1 Å². The van der Waals surface area contributed by atoms with E-state index in [2.05, 4.69) is 10.6 Å². The summed E-state index contributed by atoms with van der Waals surface area (Å²) in [5, 5.41) is 7.65. The zero-order valence-corrected chi connectivity index (χ0v) is 18.8. The molecule has 162 valence electrons. The molecule has 0 radical (unpaired) electrons. The zero-order valence-electron chi connectivity index (χ0n) is 18.0. The normalized spacial score (nSPS) is 11.6. The molecule has 1 aromatic heterocycles. The van der Waals surface area contributed by atoms with E-state index in [9.17, 15) is 9.59 Å². The summed E-state index contributed by atoms with van der Waals surface area (Å²) in [5.74, 6) is 0.738. The van der Waals surface area contributed by atoms with Gasteiger partial charge < -0.3 is 20.1 Å². The Hall–Kier alpha value is -3.32. The highest BCUT2D eigenvalue weighted by atomic mass is 32.1. The van der Waals surface area contributed by atoms with E-state index in [1.165, 1.54) is 11.3 Å². The van der Waals surface area contributed by atoms with E-state index in [4.69, 9.17) is 9.47 Å². The smallest absolute Gasteiger partial charge is 0.265 e. The van der Waals surface area contributed by atoms with Crippen LogP contribution in [0, 0.1) is 0 Å². The Balaban J connectivity index is 1.75. The monoisotopic (exact) mass is 438 g/mol. The van der Waals surface area contributed by atoms with Gasteiger partial charge in [0.1, 0.15) is 0 Å². The molecule has 0 fully saturated rings. The summed E-state index contributed by atoms with van der Waals surface area (Å²) < 4.78 is 11.2. The first-order valence-electron chi connectivity index (χ1n) is 9.98. The number of carbonyl (C=O) groups excluding carboxylic acids is 2. The van der Waals surface area contributed by atoms with Gasteiger partial charge in [-0.3, -0.25) is 9.59 Å². The third-order valence-electron chi connectivity index (χ3n) is 4.56. The molecule has 0 aliphatic carbocycles. The third kappa shape index (κ3) is 5.64. The number of carbonyl (C=O) groups is 2. The second kappa shape index (κ2) is 10.1. The minimum atomic E-state index is -0.282. The number of rotatable bonds is 8. The van der Waals surface area contributed by atoms with Crippen molar-refractivity contribution in [2.45, 2.75) is 32.9 Å². The van der Waals surface area contributed by atoms with Crippen LogP contribution in [0.3, 0.4) is 0 Å². The fourth-order valence-electron chi connectivity index (χ4n) is 3.04. The number of benzene rings is 2. The van der Waals surface area contributed by atoms with Gasteiger partial charge in [-0.1, -0.05) is 24.3 Å². The minimum Gasteiger partial charge on any atom is -0.493 e. The van der Waals surface area contributed by atoms with Gasteiger partial charge >= 0.3 is 0 Å². The maximum absolute atomic E-state index is 13.0. The molecule has 31 heavy (non-hydrogen) atoms. The highest BCUT2D eigenvalue weighted by Gasteiger charge is 2.18. The first kappa shape index (κ1) is 22.4. The van der Waals surface area contributed by atoms with Gasteiger partial charge in [0.05, 0.1) is 35.4 Å². The SMILES string of the molecule is COc1cc(C(C)NC(=O)c2ccccc2NC(=O)c2cccs2)ccc1OC(C)C. The maximum Gasteiger partial charge on any atom is 0.265 e. The van der Waals surface area contributed by atoms with Gasteiger partial charge in [-0.05, 0) is 62.0 Å². The average Bonchev–Trinajstić information content (AvgIpc) is 3.29. The Morgan fingerprint density at radius 3 is 2.39 bits per heavy atom. The molecule has 1 unspecified atom stereocenters. The molecule has 0 aliphatic heterocycles. The molecule has 2 amide bonds. The summed E-state index contributed by atoms with van der Waals surface area (Å²) in [6.07, 6.45) is 0.0257. The molecule has 2 N–H and O–H groups in total. The first-order chi connectivity index (χ1) is 14.9. The lowest BCUT2D eigenvalue weighted by molar-refractivity contribution is 0.0940. The van der Waals surface area contributed by atoms with Crippen LogP contribution in [0.4, 0.5) is 5.69 Å². The molecule has 0 bridgehead atoms.